The molecule has 9 aromatic carbocycles. The van der Waals surface area contributed by atoms with Gasteiger partial charge in [0.1, 0.15) is 0 Å². The fraction of sp³-hybridized carbons (Fsp3) is 0.0508. The van der Waals surface area contributed by atoms with Gasteiger partial charge in [-0.15, -0.1) is 0 Å². The highest BCUT2D eigenvalue weighted by atomic mass is 14.9. The SMILES string of the molecule is CC1(C)c2ccccc2-c2cccc(-c3ccc(-c4ccc(-c5cc(-c6ccc(-c7ccccc7)c(-c7ccccc7)c6)nc(-c6ccccc6)n5)c5ccccc45)cc3)c21. The molecule has 0 unspecified atom stereocenters. The van der Waals surface area contributed by atoms with Crippen LogP contribution in [0.15, 0.2) is 218 Å². The Hall–Kier alpha value is -7.68. The van der Waals surface area contributed by atoms with Crippen molar-refractivity contribution >= 4 is 10.8 Å². The molecule has 0 saturated heterocycles. The molecule has 0 aliphatic heterocycles. The number of hydrogen-bond donors (Lipinski definition) is 0. The molecule has 2 heteroatoms. The van der Waals surface area contributed by atoms with Gasteiger partial charge in [-0.1, -0.05) is 220 Å². The Morgan fingerprint density at radius 2 is 0.770 bits per heavy atom. The summed E-state index contributed by atoms with van der Waals surface area (Å²) in [7, 11) is 0. The normalized spacial score (nSPS) is 12.6. The van der Waals surface area contributed by atoms with Crippen molar-refractivity contribution in [3.8, 4) is 89.5 Å². The number of hydrogen-bond acceptors (Lipinski definition) is 2. The van der Waals surface area contributed by atoms with E-state index in [0.29, 0.717) is 5.82 Å². The molecule has 0 saturated carbocycles. The van der Waals surface area contributed by atoms with E-state index in [1.165, 1.54) is 61.0 Å². The Morgan fingerprint density at radius 3 is 1.48 bits per heavy atom. The number of fused-ring (bicyclic) bond motifs is 4. The van der Waals surface area contributed by atoms with E-state index in [0.717, 1.165) is 44.6 Å². The van der Waals surface area contributed by atoms with Gasteiger partial charge in [-0.05, 0) is 89.7 Å². The smallest absolute Gasteiger partial charge is 0.160 e. The van der Waals surface area contributed by atoms with Gasteiger partial charge in [0.15, 0.2) is 5.82 Å². The van der Waals surface area contributed by atoms with Crippen LogP contribution in [0.2, 0.25) is 0 Å². The maximum atomic E-state index is 5.29. The predicted molar refractivity (Wildman–Crippen MR) is 255 cm³/mol. The van der Waals surface area contributed by atoms with Crippen LogP contribution in [0, 0.1) is 0 Å². The lowest BCUT2D eigenvalue weighted by atomic mass is 9.79. The summed E-state index contributed by atoms with van der Waals surface area (Å²) >= 11 is 0. The first-order valence-electron chi connectivity index (χ1n) is 21.1. The van der Waals surface area contributed by atoms with Crippen LogP contribution in [0.1, 0.15) is 25.0 Å². The van der Waals surface area contributed by atoms with Gasteiger partial charge in [-0.2, -0.15) is 0 Å². The van der Waals surface area contributed by atoms with Crippen LogP contribution in [0.25, 0.3) is 100 Å². The summed E-state index contributed by atoms with van der Waals surface area (Å²) in [5.74, 6) is 0.698. The van der Waals surface area contributed by atoms with Crippen molar-refractivity contribution in [3.05, 3.63) is 230 Å². The minimum atomic E-state index is -0.0791. The molecule has 0 atom stereocenters. The molecule has 0 radical (unpaired) electrons. The summed E-state index contributed by atoms with van der Waals surface area (Å²) in [4.78, 5) is 10.5. The Labute approximate surface area is 357 Å². The van der Waals surface area contributed by atoms with Gasteiger partial charge in [0.25, 0.3) is 0 Å². The summed E-state index contributed by atoms with van der Waals surface area (Å²) < 4.78 is 0. The highest BCUT2D eigenvalue weighted by Crippen LogP contribution is 2.52. The molecule has 1 heterocycles. The van der Waals surface area contributed by atoms with Crippen LogP contribution >= 0.6 is 0 Å². The quantitative estimate of drug-likeness (QED) is 0.161. The summed E-state index contributed by atoms with van der Waals surface area (Å²) in [6, 6.07) is 78.4. The lowest BCUT2D eigenvalue weighted by Gasteiger charge is -2.24. The van der Waals surface area contributed by atoms with Gasteiger partial charge in [-0.25, -0.2) is 9.97 Å². The van der Waals surface area contributed by atoms with E-state index >= 15 is 0 Å². The summed E-state index contributed by atoms with van der Waals surface area (Å²) in [6.07, 6.45) is 0. The van der Waals surface area contributed by atoms with Gasteiger partial charge in [0.05, 0.1) is 11.4 Å². The average molecular weight is 779 g/mol. The molecule has 1 aliphatic rings. The zero-order chi connectivity index (χ0) is 40.9. The molecule has 10 aromatic rings. The van der Waals surface area contributed by atoms with Gasteiger partial charge in [0.2, 0.25) is 0 Å². The van der Waals surface area contributed by atoms with Crippen molar-refractivity contribution < 1.29 is 0 Å². The number of nitrogens with zero attached hydrogens (tertiary/aromatic N) is 2. The van der Waals surface area contributed by atoms with Crippen LogP contribution < -0.4 is 0 Å². The largest absolute Gasteiger partial charge is 0.228 e. The average Bonchev–Trinajstić information content (AvgIpc) is 3.57. The first-order valence-corrected chi connectivity index (χ1v) is 21.1. The second-order valence-electron chi connectivity index (χ2n) is 16.5. The van der Waals surface area contributed by atoms with Gasteiger partial charge in [0, 0.05) is 22.1 Å². The van der Waals surface area contributed by atoms with Crippen LogP contribution in [0.4, 0.5) is 0 Å². The predicted octanol–water partition coefficient (Wildman–Crippen LogP) is 15.6. The Kier molecular flexibility index (Phi) is 8.86. The molecule has 0 bridgehead atoms. The molecular formula is C59H42N2. The molecule has 1 aliphatic carbocycles. The number of benzene rings is 9. The highest BCUT2D eigenvalue weighted by Gasteiger charge is 2.37. The van der Waals surface area contributed by atoms with Crippen molar-refractivity contribution in [1.82, 2.24) is 9.97 Å². The van der Waals surface area contributed by atoms with E-state index in [4.69, 9.17) is 9.97 Å². The summed E-state index contributed by atoms with van der Waals surface area (Å²) in [5, 5.41) is 2.34. The highest BCUT2D eigenvalue weighted by molar-refractivity contribution is 6.05. The van der Waals surface area contributed by atoms with Gasteiger partial charge in [-0.3, -0.25) is 0 Å². The maximum Gasteiger partial charge on any atom is 0.160 e. The van der Waals surface area contributed by atoms with Crippen LogP contribution in [0.3, 0.4) is 0 Å². The van der Waals surface area contributed by atoms with E-state index in [2.05, 4.69) is 214 Å². The van der Waals surface area contributed by atoms with E-state index in [9.17, 15) is 0 Å². The number of rotatable bonds is 7. The standard InChI is InChI=1S/C59H42N2/c1-59(2)54-28-15-14-25-50(54)52-27-16-26-47(57(52)59)42-31-29-41(30-32-42)45-35-36-51(49-24-13-12-23-48(45)49)56-38-55(60-58(61-56)43-21-10-5-11-22-43)44-33-34-46(39-17-6-3-7-18-39)53(37-44)40-19-8-4-9-20-40/h3-38H,1-2H3. The van der Waals surface area contributed by atoms with Crippen molar-refractivity contribution in [2.45, 2.75) is 19.3 Å². The monoisotopic (exact) mass is 778 g/mol. The van der Waals surface area contributed by atoms with Crippen LogP contribution in [0.5, 0.6) is 0 Å². The zero-order valence-electron chi connectivity index (χ0n) is 34.2. The third-order valence-corrected chi connectivity index (χ3v) is 12.5. The third kappa shape index (κ3) is 6.36. The van der Waals surface area contributed by atoms with E-state index in [-0.39, 0.29) is 5.41 Å². The number of aromatic nitrogens is 2. The Bertz CT molecular complexity index is 3240. The minimum Gasteiger partial charge on any atom is -0.228 e. The van der Waals surface area contributed by atoms with Crippen molar-refractivity contribution in [1.29, 1.82) is 0 Å². The lowest BCUT2D eigenvalue weighted by Crippen LogP contribution is -2.16. The molecule has 2 nitrogen and oxygen atoms in total. The molecule has 0 amide bonds. The minimum absolute atomic E-state index is 0.0791. The molecule has 0 spiro atoms. The lowest BCUT2D eigenvalue weighted by molar-refractivity contribution is 0.662. The Balaban J connectivity index is 1.02. The van der Waals surface area contributed by atoms with Crippen molar-refractivity contribution in [3.63, 3.8) is 0 Å². The molecular weight excluding hydrogens is 737 g/mol. The van der Waals surface area contributed by atoms with Crippen molar-refractivity contribution in [2.24, 2.45) is 0 Å². The van der Waals surface area contributed by atoms with E-state index < -0.39 is 0 Å². The summed E-state index contributed by atoms with van der Waals surface area (Å²) in [6.45, 7) is 4.71. The van der Waals surface area contributed by atoms with Gasteiger partial charge < -0.3 is 0 Å². The first kappa shape index (κ1) is 36.4. The fourth-order valence-electron chi connectivity index (χ4n) is 9.57. The fourth-order valence-corrected chi connectivity index (χ4v) is 9.57. The second-order valence-corrected chi connectivity index (χ2v) is 16.5. The van der Waals surface area contributed by atoms with Crippen LogP contribution in [-0.4, -0.2) is 9.97 Å². The molecule has 1 aromatic heterocycles. The first-order chi connectivity index (χ1) is 30.0. The molecule has 0 fully saturated rings. The molecule has 11 rings (SSSR count). The molecule has 288 valence electrons. The van der Waals surface area contributed by atoms with E-state index in [1.54, 1.807) is 0 Å². The topological polar surface area (TPSA) is 25.8 Å². The van der Waals surface area contributed by atoms with Crippen molar-refractivity contribution in [2.75, 3.05) is 0 Å². The van der Waals surface area contributed by atoms with Gasteiger partial charge >= 0.3 is 0 Å². The Morgan fingerprint density at radius 1 is 0.295 bits per heavy atom. The van der Waals surface area contributed by atoms with Crippen LogP contribution in [-0.2, 0) is 5.41 Å². The summed E-state index contributed by atoms with van der Waals surface area (Å²) in [5.41, 5.74) is 19.9. The zero-order valence-corrected chi connectivity index (χ0v) is 34.2. The molecule has 0 N–H and O–H groups in total. The molecule has 61 heavy (non-hydrogen) atoms. The second kappa shape index (κ2) is 14.9. The third-order valence-electron chi connectivity index (χ3n) is 12.5. The maximum absolute atomic E-state index is 5.29. The van der Waals surface area contributed by atoms with E-state index in [1.807, 2.05) is 18.2 Å².